The molecule has 274 valence electrons. The summed E-state index contributed by atoms with van der Waals surface area (Å²) in [7, 11) is 3.42. The first-order valence-corrected chi connectivity index (χ1v) is 17.5. The van der Waals surface area contributed by atoms with Gasteiger partial charge in [0, 0.05) is 68.8 Å². The van der Waals surface area contributed by atoms with Crippen LogP contribution in [0.1, 0.15) is 41.6 Å². The number of likely N-dealkylation sites (N-methyl/N-ethyl adjacent to an activating group) is 2. The summed E-state index contributed by atoms with van der Waals surface area (Å²) in [6.07, 6.45) is 4.34. The maximum absolute atomic E-state index is 12.9. The van der Waals surface area contributed by atoms with Crippen LogP contribution in [0, 0.1) is 10.1 Å². The number of carbonyl (C=O) groups is 5. The summed E-state index contributed by atoms with van der Waals surface area (Å²) in [5.74, 6) is 0.850. The highest BCUT2D eigenvalue weighted by Crippen LogP contribution is 2.33. The molecule has 3 atom stereocenters. The predicted molar refractivity (Wildman–Crippen MR) is 187 cm³/mol. The fraction of sp³-hybridized carbons (Fsp3) is 0.441. The summed E-state index contributed by atoms with van der Waals surface area (Å²) < 4.78 is 14.8. The number of ether oxygens (including phenoxy) is 3. The molecule has 17 heteroatoms. The molecule has 2 saturated heterocycles. The lowest BCUT2D eigenvalue weighted by Crippen LogP contribution is -2.37. The number of fused-ring (bicyclic) bond motifs is 1. The highest BCUT2D eigenvalue weighted by Gasteiger charge is 2.42. The van der Waals surface area contributed by atoms with Gasteiger partial charge < -0.3 is 40.0 Å². The number of nitro groups is 1. The van der Waals surface area contributed by atoms with Gasteiger partial charge in [-0.1, -0.05) is 18.6 Å². The van der Waals surface area contributed by atoms with Crippen LogP contribution in [0.5, 0.6) is 5.75 Å². The molecule has 0 spiro atoms. The van der Waals surface area contributed by atoms with Gasteiger partial charge in [-0.25, -0.2) is 14.4 Å². The molecule has 0 unspecified atom stereocenters. The molecule has 3 N–H and O–H groups in total. The zero-order valence-corrected chi connectivity index (χ0v) is 29.2. The van der Waals surface area contributed by atoms with Crippen LogP contribution in [0.15, 0.2) is 60.7 Å². The highest BCUT2D eigenvalue weighted by molar-refractivity contribution is 8.00. The Morgan fingerprint density at radius 2 is 1.65 bits per heavy atom. The van der Waals surface area contributed by atoms with Crippen molar-refractivity contribution in [3.8, 4) is 5.75 Å². The first-order chi connectivity index (χ1) is 24.5. The van der Waals surface area contributed by atoms with Gasteiger partial charge in [0.1, 0.15) is 19.0 Å². The first-order valence-electron chi connectivity index (χ1n) is 16.4. The number of hydrogen-bond acceptors (Lipinski definition) is 11. The van der Waals surface area contributed by atoms with Crippen molar-refractivity contribution in [2.24, 2.45) is 0 Å². The van der Waals surface area contributed by atoms with Crippen molar-refractivity contribution >= 4 is 47.5 Å². The maximum Gasteiger partial charge on any atom is 0.514 e. The fourth-order valence-electron chi connectivity index (χ4n) is 5.33. The summed E-state index contributed by atoms with van der Waals surface area (Å²) in [6.45, 7) is 0.732. The van der Waals surface area contributed by atoms with Gasteiger partial charge in [-0.3, -0.25) is 19.7 Å². The Morgan fingerprint density at radius 3 is 2.35 bits per heavy atom. The lowest BCUT2D eigenvalue weighted by molar-refractivity contribution is -0.384. The van der Waals surface area contributed by atoms with Crippen LogP contribution in [0.4, 0.5) is 20.1 Å². The zero-order chi connectivity index (χ0) is 36.8. The second kappa shape index (κ2) is 19.2. The molecule has 0 saturated carbocycles. The minimum absolute atomic E-state index is 0.0319. The zero-order valence-electron chi connectivity index (χ0n) is 28.4. The standard InChI is InChI=1S/C34H42N6O10S/c1-38(29(41)8-4-3-7-28-30-27(22-51-28)36-32(43)37-30)17-18-39(2)31(42)24-11-9-23(10-12-24)21-35-33(44)48-19-5-6-20-49-34(45)50-26-15-13-25(14-16-26)40(46)47/h5-6,9-16,27-28,30H,3-4,7-8,17-22H2,1-2H3,(H,35,44)(H2,36,37,43)/b6-5+/t27-,28-,30-/m0/s1. The van der Waals surface area contributed by atoms with Crippen molar-refractivity contribution in [1.82, 2.24) is 25.8 Å². The van der Waals surface area contributed by atoms with E-state index in [1.165, 1.54) is 36.4 Å². The topological polar surface area (TPSA) is 199 Å². The predicted octanol–water partition coefficient (Wildman–Crippen LogP) is 3.85. The molecule has 5 amide bonds. The summed E-state index contributed by atoms with van der Waals surface area (Å²) in [5.41, 5.74) is 1.09. The van der Waals surface area contributed by atoms with Gasteiger partial charge in [0.15, 0.2) is 0 Å². The number of hydrogen-bond donors (Lipinski definition) is 3. The maximum atomic E-state index is 12.9. The van der Waals surface area contributed by atoms with Crippen LogP contribution in [0.3, 0.4) is 0 Å². The average Bonchev–Trinajstić information content (AvgIpc) is 3.68. The summed E-state index contributed by atoms with van der Waals surface area (Å²) in [4.78, 5) is 74.1. The SMILES string of the molecule is CN(CCN(C)C(=O)c1ccc(CNC(=O)OC/C=C/COC(=O)Oc2ccc([N+](=O)[O-])cc2)cc1)C(=O)CCCC[C@@H]1SC[C@@H]2NC(=O)N[C@@H]21. The minimum Gasteiger partial charge on any atom is -0.445 e. The van der Waals surface area contributed by atoms with Crippen molar-refractivity contribution in [3.63, 3.8) is 0 Å². The van der Waals surface area contributed by atoms with Crippen molar-refractivity contribution in [2.75, 3.05) is 46.2 Å². The van der Waals surface area contributed by atoms with Crippen molar-refractivity contribution in [1.29, 1.82) is 0 Å². The third kappa shape index (κ3) is 12.2. The molecule has 4 rings (SSSR count). The molecule has 16 nitrogen and oxygen atoms in total. The van der Waals surface area contributed by atoms with Gasteiger partial charge >= 0.3 is 18.3 Å². The van der Waals surface area contributed by atoms with E-state index in [1.54, 1.807) is 48.2 Å². The van der Waals surface area contributed by atoms with E-state index in [9.17, 15) is 34.1 Å². The molecule has 2 aromatic carbocycles. The Hall–Kier alpha value is -5.32. The Morgan fingerprint density at radius 1 is 0.961 bits per heavy atom. The van der Waals surface area contributed by atoms with Crippen LogP contribution in [0.2, 0.25) is 0 Å². The van der Waals surface area contributed by atoms with Gasteiger partial charge in [-0.05, 0) is 54.8 Å². The lowest BCUT2D eigenvalue weighted by atomic mass is 10.0. The molecular formula is C34H42N6O10S. The number of benzene rings is 2. The van der Waals surface area contributed by atoms with E-state index in [4.69, 9.17) is 14.2 Å². The number of nitro benzene ring substituents is 1. The van der Waals surface area contributed by atoms with Gasteiger partial charge in [-0.15, -0.1) is 0 Å². The molecular weight excluding hydrogens is 684 g/mol. The molecule has 2 heterocycles. The second-order valence-corrected chi connectivity index (χ2v) is 13.2. The van der Waals surface area contributed by atoms with E-state index in [-0.39, 0.29) is 61.1 Å². The summed E-state index contributed by atoms with van der Waals surface area (Å²) >= 11 is 1.87. The monoisotopic (exact) mass is 726 g/mol. The van der Waals surface area contributed by atoms with Gasteiger partial charge in [0.05, 0.1) is 17.0 Å². The molecule has 0 aromatic heterocycles. The van der Waals surface area contributed by atoms with Crippen LogP contribution in [-0.2, 0) is 20.8 Å². The fourth-order valence-corrected chi connectivity index (χ4v) is 6.87. The Bertz CT molecular complexity index is 1570. The Labute approximate surface area is 299 Å². The van der Waals surface area contributed by atoms with Crippen LogP contribution in [0.25, 0.3) is 0 Å². The number of non-ortho nitro benzene ring substituents is 1. The number of alkyl carbamates (subject to hydrolysis) is 1. The van der Waals surface area contributed by atoms with Crippen molar-refractivity contribution in [3.05, 3.63) is 81.9 Å². The lowest BCUT2D eigenvalue weighted by Gasteiger charge is -2.23. The van der Waals surface area contributed by atoms with Crippen LogP contribution < -0.4 is 20.7 Å². The smallest absolute Gasteiger partial charge is 0.445 e. The minimum atomic E-state index is -0.998. The number of urea groups is 1. The third-order valence-corrected chi connectivity index (χ3v) is 9.78. The van der Waals surface area contributed by atoms with Crippen LogP contribution >= 0.6 is 11.8 Å². The second-order valence-electron chi connectivity index (χ2n) is 11.9. The normalized spacial score (nSPS) is 17.5. The number of thioether (sulfide) groups is 1. The largest absolute Gasteiger partial charge is 0.514 e. The van der Waals surface area contributed by atoms with Gasteiger partial charge in [0.25, 0.3) is 11.6 Å². The van der Waals surface area contributed by atoms with Gasteiger partial charge in [0.2, 0.25) is 5.91 Å². The summed E-state index contributed by atoms with van der Waals surface area (Å²) in [5, 5.41) is 19.6. The van der Waals surface area contributed by atoms with E-state index < -0.39 is 17.2 Å². The highest BCUT2D eigenvalue weighted by atomic mass is 32.2. The number of amides is 5. The number of nitrogens with one attached hydrogen (secondary N) is 3. The number of unbranched alkanes of at least 4 members (excludes halogenated alkanes) is 1. The first kappa shape index (κ1) is 38.5. The molecule has 51 heavy (non-hydrogen) atoms. The van der Waals surface area contributed by atoms with E-state index in [0.717, 1.165) is 30.6 Å². The van der Waals surface area contributed by atoms with E-state index in [2.05, 4.69) is 16.0 Å². The Kier molecular flexibility index (Phi) is 14.5. The summed E-state index contributed by atoms with van der Waals surface area (Å²) in [6, 6.07) is 12.0. The number of nitrogens with zero attached hydrogens (tertiary/aromatic N) is 3. The number of carbonyl (C=O) groups excluding carboxylic acids is 5. The molecule has 0 bridgehead atoms. The average molecular weight is 727 g/mol. The van der Waals surface area contributed by atoms with E-state index in [0.29, 0.717) is 30.3 Å². The van der Waals surface area contributed by atoms with Crippen molar-refractivity contribution < 1.29 is 43.1 Å². The third-order valence-electron chi connectivity index (χ3n) is 8.27. The molecule has 2 fully saturated rings. The molecule has 0 radical (unpaired) electrons. The molecule has 2 aliphatic heterocycles. The quantitative estimate of drug-likeness (QED) is 0.0407. The van der Waals surface area contributed by atoms with Crippen molar-refractivity contribution in [2.45, 2.75) is 49.6 Å². The van der Waals surface area contributed by atoms with E-state index in [1.807, 2.05) is 11.8 Å². The molecule has 2 aromatic rings. The van der Waals surface area contributed by atoms with Gasteiger partial charge in [-0.2, -0.15) is 11.8 Å². The molecule has 0 aliphatic carbocycles. The Balaban J connectivity index is 1.04. The molecule has 2 aliphatic rings. The number of rotatable bonds is 17. The van der Waals surface area contributed by atoms with E-state index >= 15 is 0 Å². The van der Waals surface area contributed by atoms with Crippen LogP contribution in [-0.4, -0.2) is 108 Å².